The van der Waals surface area contributed by atoms with E-state index in [4.69, 9.17) is 21.0 Å². The van der Waals surface area contributed by atoms with Crippen LogP contribution < -0.4 is 87.7 Å². The zero-order chi connectivity index (χ0) is 67.0. The molecule has 0 saturated carbocycles. The van der Waals surface area contributed by atoms with E-state index in [0.29, 0.717) is 51.7 Å². The summed E-state index contributed by atoms with van der Waals surface area (Å²) in [5.41, 5.74) is 7.30. The van der Waals surface area contributed by atoms with Gasteiger partial charge in [0.25, 0.3) is 5.91 Å². The Hall–Kier alpha value is -10.2. The Morgan fingerprint density at radius 3 is 0.990 bits per heavy atom. The second-order valence-electron chi connectivity index (χ2n) is 22.2. The number of fused-ring (bicyclic) bond motifs is 4. The first-order valence-electron chi connectivity index (χ1n) is 31.3. The van der Waals surface area contributed by atoms with E-state index in [1.54, 1.807) is 48.5 Å². The molecule has 0 unspecified atom stereocenters. The van der Waals surface area contributed by atoms with Gasteiger partial charge in [-0.15, -0.1) is 0 Å². The fourth-order valence-electron chi connectivity index (χ4n) is 12.1. The molecule has 0 aliphatic heterocycles. The molecule has 6 N–H and O–H groups in total. The van der Waals surface area contributed by atoms with Crippen LogP contribution >= 0.6 is 14.5 Å². The normalized spacial score (nSPS) is 10.7. The molecule has 2 aromatic heterocycles. The van der Waals surface area contributed by atoms with E-state index in [-0.39, 0.29) is 79.2 Å². The van der Waals surface area contributed by atoms with E-state index in [1.807, 2.05) is 66.7 Å². The Morgan fingerprint density at radius 2 is 0.700 bits per heavy atom. The van der Waals surface area contributed by atoms with E-state index in [0.717, 1.165) is 33.9 Å². The molecule has 14 rings (SSSR count). The molecular formula is C84H79Br2FN2O9P2. The summed E-state index contributed by atoms with van der Waals surface area (Å²) in [5, 5.41) is 45.4. The summed E-state index contributed by atoms with van der Waals surface area (Å²) in [7, 11) is -4.76. The first kappa shape index (κ1) is 77.2. The van der Waals surface area contributed by atoms with Crippen molar-refractivity contribution in [3.05, 3.63) is 335 Å². The molecule has 0 aliphatic carbocycles. The zero-order valence-corrected chi connectivity index (χ0v) is 57.3. The topological polar surface area (TPSA) is 193 Å². The van der Waals surface area contributed by atoms with Crippen molar-refractivity contribution in [2.45, 2.75) is 22.3 Å². The summed E-state index contributed by atoms with van der Waals surface area (Å²) >= 11 is 0. The Morgan fingerprint density at radius 1 is 0.430 bits per heavy atom. The van der Waals surface area contributed by atoms with E-state index < -0.39 is 50.0 Å². The van der Waals surface area contributed by atoms with Gasteiger partial charge in [0.05, 0.1) is 43.7 Å². The molecule has 100 heavy (non-hydrogen) atoms. The van der Waals surface area contributed by atoms with Crippen LogP contribution in [0.4, 0.5) is 4.39 Å². The van der Waals surface area contributed by atoms with Crippen LogP contribution in [0.3, 0.4) is 0 Å². The monoisotopic (exact) mass is 1500 g/mol. The third-order valence-corrected chi connectivity index (χ3v) is 25.6. The number of aromatic carboxylic acids is 1. The van der Waals surface area contributed by atoms with Gasteiger partial charge in [0.15, 0.2) is 11.5 Å². The highest BCUT2D eigenvalue weighted by molar-refractivity contribution is 7.96. The molecule has 0 spiro atoms. The van der Waals surface area contributed by atoms with Crippen LogP contribution in [0.25, 0.3) is 66.1 Å². The molecule has 16 heteroatoms. The van der Waals surface area contributed by atoms with Gasteiger partial charge in [-0.25, -0.2) is 4.79 Å². The van der Waals surface area contributed by atoms with Crippen molar-refractivity contribution in [1.29, 1.82) is 0 Å². The maximum atomic E-state index is 13.4. The van der Waals surface area contributed by atoms with Crippen molar-refractivity contribution in [2.24, 2.45) is 5.73 Å². The maximum Gasteiger partial charge on any atom is 0.335 e. The smallest absolute Gasteiger partial charge is 0.335 e. The fraction of sp³-hybridized carbons (Fsp3) is 0.0952. The summed E-state index contributed by atoms with van der Waals surface area (Å²) in [6.45, 7) is 1.16. The fourth-order valence-corrected chi connectivity index (χ4v) is 20.3. The average molecular weight is 1500 g/mol. The lowest BCUT2D eigenvalue weighted by molar-refractivity contribution is -0.00100. The molecule has 0 bridgehead atoms. The van der Waals surface area contributed by atoms with Gasteiger partial charge >= 0.3 is 5.97 Å². The zero-order valence-electron chi connectivity index (χ0n) is 53.3. The number of amides is 1. The largest absolute Gasteiger partial charge is 1.00 e. The number of halogens is 3. The minimum atomic E-state index is -2.08. The van der Waals surface area contributed by atoms with Crippen LogP contribution in [-0.4, -0.2) is 59.8 Å². The minimum Gasteiger partial charge on any atom is -1.00 e. The van der Waals surface area contributed by atoms with Crippen LogP contribution in [0.15, 0.2) is 322 Å². The Bertz CT molecular complexity index is 4920. The van der Waals surface area contributed by atoms with E-state index in [1.165, 1.54) is 56.1 Å². The highest BCUT2D eigenvalue weighted by Gasteiger charge is 2.46. The number of benzene rings is 12. The van der Waals surface area contributed by atoms with E-state index >= 15 is 0 Å². The number of carbonyl (C=O) groups excluding carboxylic acids is 1. The number of hydrogen-bond acceptors (Lipinski definition) is 9. The molecule has 12 aromatic carbocycles. The van der Waals surface area contributed by atoms with Crippen molar-refractivity contribution >= 4 is 102 Å². The van der Waals surface area contributed by atoms with Crippen LogP contribution in [0.5, 0.6) is 11.5 Å². The molecular weight excluding hydrogens is 1420 g/mol. The number of carboxylic acid groups (broad SMARTS) is 1. The molecule has 0 radical (unpaired) electrons. The van der Waals surface area contributed by atoms with Gasteiger partial charge in [0.2, 0.25) is 22.4 Å². The standard InChI is InChI=1S/C40H30NO4P.C20H21NP.C20H12O5.CH3F.3CH4.2BrH/c42-37-35-26-30-12-10-11-13-31(30)27-36(35)45-39(38(37)43)28-20-22-29(23-21-28)40(44)41-24-25-46(32-14-4-1-5-15-32,33-16-6-2-7-17-33)34-18-8-3-9-19-34;21-16-17-22(18-10-4-1-5-11-18,19-12-6-2-7-13-19)20-14-8-3-9-15-20;21-17-15-9-13-3-1-2-4-14(13)10-16(15)25-19(18(17)22)11-5-7-12(8-6-11)20(23)24;1-2;;;;;/h1-23,26-27H,24-25H2,(H-,41,43,44);1-15H,16-17,21H2;1-10,22H,(H,23,24);1H3;3*1H4;2*1H/q;+1;;;;;;;/p-1/i;;;1D;;;;;. The Labute approximate surface area is 606 Å². The molecule has 0 saturated heterocycles. The minimum absolute atomic E-state index is 0. The molecule has 0 aliphatic rings. The lowest BCUT2D eigenvalue weighted by atomic mass is 10.0. The maximum absolute atomic E-state index is 13.4. The van der Waals surface area contributed by atoms with Crippen molar-refractivity contribution in [3.8, 4) is 34.1 Å². The number of carboxylic acids is 1. The molecule has 1 amide bonds. The number of hydrogen-bond donors (Lipinski definition) is 5. The van der Waals surface area contributed by atoms with Crippen molar-refractivity contribution in [3.63, 3.8) is 0 Å². The average Bonchev–Trinajstić information content (AvgIpc) is 0.781. The van der Waals surface area contributed by atoms with Gasteiger partial charge < -0.3 is 69.2 Å². The Balaban J connectivity index is 0.000000248. The number of carbonyl (C=O) groups is 2. The molecule has 510 valence electrons. The van der Waals surface area contributed by atoms with Crippen LogP contribution in [-0.2, 0) is 0 Å². The van der Waals surface area contributed by atoms with Crippen molar-refractivity contribution < 1.29 is 73.5 Å². The van der Waals surface area contributed by atoms with Crippen molar-refractivity contribution in [2.75, 3.05) is 32.6 Å². The van der Waals surface area contributed by atoms with Crippen LogP contribution in [0.2, 0.25) is 0 Å². The first-order valence-corrected chi connectivity index (χ1v) is 34.6. The second kappa shape index (κ2) is 36.6. The van der Waals surface area contributed by atoms with Crippen LogP contribution in [0, 0.1) is 0 Å². The third kappa shape index (κ3) is 16.8. The van der Waals surface area contributed by atoms with Gasteiger partial charge in [-0.2, -0.15) is 0 Å². The highest BCUT2D eigenvalue weighted by atomic mass is 79.9. The number of nitrogens with one attached hydrogen (secondary N) is 1. The van der Waals surface area contributed by atoms with E-state index in [9.17, 15) is 33.8 Å². The summed E-state index contributed by atoms with van der Waals surface area (Å²) in [5.74, 6) is -2.11. The molecule has 11 nitrogen and oxygen atoms in total. The molecule has 2 heterocycles. The van der Waals surface area contributed by atoms with E-state index in [2.05, 4.69) is 169 Å². The lowest BCUT2D eigenvalue weighted by Gasteiger charge is -2.27. The number of rotatable bonds is 15. The summed E-state index contributed by atoms with van der Waals surface area (Å²) in [6, 6.07) is 99.0. The number of nitrogens with two attached hydrogens (primary N) is 1. The highest BCUT2D eigenvalue weighted by Crippen LogP contribution is 2.56. The summed E-state index contributed by atoms with van der Waals surface area (Å²) < 4.78 is 27.3. The molecule has 0 fully saturated rings. The number of aromatic hydroxyl groups is 2. The predicted octanol–water partition coefficient (Wildman–Crippen LogP) is 10.5. The van der Waals surface area contributed by atoms with Gasteiger partial charge in [-0.1, -0.05) is 204 Å². The van der Waals surface area contributed by atoms with Crippen molar-refractivity contribution in [1.82, 2.24) is 5.32 Å². The predicted molar refractivity (Wildman–Crippen MR) is 410 cm³/mol. The first-order chi connectivity index (χ1) is 46.9. The number of alkyl halides is 1. The lowest BCUT2D eigenvalue weighted by Crippen LogP contribution is -3.00. The Kier molecular flexibility index (Phi) is 28.3. The third-order valence-electron chi connectivity index (χ3n) is 16.7. The summed E-state index contributed by atoms with van der Waals surface area (Å²) in [4.78, 5) is 49.9. The van der Waals surface area contributed by atoms with Gasteiger partial charge in [0, 0.05) is 23.2 Å². The SMILES string of the molecule is C.C.C.NCC[P+](c1ccccc1)(c1ccccc1)c1ccccc1.O=C(NCC[P+](c1ccccc1)(c1ccccc1)c1ccccc1)c1ccc(-c2oc3cc4ccccc4cc3c(=O)c2O)cc1.O=C(O)c1ccc(-c2oc3cc4ccccc4cc3c(=O)c2O)cc1.[2H]CF.[Br-].[Br-]. The second-order valence-corrected chi connectivity index (χ2v) is 29.4. The quantitative estimate of drug-likeness (QED) is 0.0487. The summed E-state index contributed by atoms with van der Waals surface area (Å²) in [6.07, 6.45) is 1.74. The van der Waals surface area contributed by atoms with Crippen LogP contribution in [0.1, 0.15) is 44.4 Å². The molecule has 14 aromatic rings. The molecule has 0 atom stereocenters. The van der Waals surface area contributed by atoms with Gasteiger partial charge in [-0.05, 0) is 143 Å². The van der Waals surface area contributed by atoms with Gasteiger partial charge in [0.1, 0.15) is 57.5 Å². The van der Waals surface area contributed by atoms with Gasteiger partial charge in [-0.3, -0.25) is 18.8 Å².